The quantitative estimate of drug-likeness (QED) is 0.345. The van der Waals surface area contributed by atoms with Crippen LogP contribution in [0.5, 0.6) is 5.75 Å². The van der Waals surface area contributed by atoms with Crippen molar-refractivity contribution in [2.24, 2.45) is 0 Å². The van der Waals surface area contributed by atoms with E-state index < -0.39 is 0 Å². The summed E-state index contributed by atoms with van der Waals surface area (Å²) in [5.41, 5.74) is 15.3. The Hall–Kier alpha value is -3.53. The Labute approximate surface area is 195 Å². The molecular formula is C29H27BN2O. The van der Waals surface area contributed by atoms with E-state index in [1.807, 2.05) is 12.3 Å². The zero-order valence-electron chi connectivity index (χ0n) is 20.1. The fourth-order valence-corrected chi connectivity index (χ4v) is 6.15. The number of fused-ring (bicyclic) bond motifs is 5. The highest BCUT2D eigenvalue weighted by atomic mass is 16.5. The van der Waals surface area contributed by atoms with Crippen LogP contribution in [0.3, 0.4) is 0 Å². The van der Waals surface area contributed by atoms with Gasteiger partial charge in [-0.1, -0.05) is 52.1 Å². The Kier molecular flexibility index (Phi) is 4.26. The number of nitrogens with zero attached hydrogens (tertiary/aromatic N) is 2. The van der Waals surface area contributed by atoms with E-state index in [1.54, 1.807) is 7.11 Å². The minimum absolute atomic E-state index is 0.0892. The highest BCUT2D eigenvalue weighted by molar-refractivity contribution is 6.88. The molecule has 0 spiro atoms. The lowest BCUT2D eigenvalue weighted by Crippen LogP contribution is -2.54. The van der Waals surface area contributed by atoms with E-state index in [2.05, 4.69) is 81.6 Å². The fourth-order valence-electron chi connectivity index (χ4n) is 6.15. The van der Waals surface area contributed by atoms with E-state index in [-0.39, 0.29) is 6.85 Å². The van der Waals surface area contributed by atoms with Crippen molar-refractivity contribution in [2.75, 3.05) is 7.11 Å². The molecule has 0 N–H and O–H groups in total. The molecule has 0 radical (unpaired) electrons. The van der Waals surface area contributed by atoms with E-state index in [4.69, 9.17) is 9.72 Å². The van der Waals surface area contributed by atoms with Gasteiger partial charge in [0, 0.05) is 22.7 Å². The first-order chi connectivity index (χ1) is 15.9. The summed E-state index contributed by atoms with van der Waals surface area (Å²) in [7, 11) is 1.74. The standard InChI is InChI=1S/C29H27BN2O/c1-16-10-18(3)26(19(4)11-16)30-27-20(5)12-17(2)13-22(27)23-14-21(33-6)15-24-28-25(8-7-9-31-28)32(30)29(23)24/h7-15H,1-6H3. The number of methoxy groups -OCH3 is 1. The molecule has 3 nitrogen and oxygen atoms in total. The maximum Gasteiger partial charge on any atom is 0.329 e. The second-order valence-corrected chi connectivity index (χ2v) is 9.57. The van der Waals surface area contributed by atoms with Crippen LogP contribution in [0.2, 0.25) is 0 Å². The Morgan fingerprint density at radius 2 is 1.45 bits per heavy atom. The minimum Gasteiger partial charge on any atom is -0.497 e. The lowest BCUT2D eigenvalue weighted by molar-refractivity contribution is 0.415. The van der Waals surface area contributed by atoms with Crippen LogP contribution < -0.4 is 15.7 Å². The van der Waals surface area contributed by atoms with E-state index in [0.717, 1.165) is 22.2 Å². The van der Waals surface area contributed by atoms with Crippen LogP contribution in [-0.4, -0.2) is 23.4 Å². The van der Waals surface area contributed by atoms with Gasteiger partial charge >= 0.3 is 6.85 Å². The SMILES string of the molecule is COc1cc2c3c(c1)c1ncccc1n3B(c1c(C)cc(C)cc1C)c1c(C)cc(C)cc1-2. The second kappa shape index (κ2) is 6.98. The summed E-state index contributed by atoms with van der Waals surface area (Å²) >= 11 is 0. The molecule has 0 amide bonds. The summed E-state index contributed by atoms with van der Waals surface area (Å²) in [6, 6.07) is 17.9. The number of hydrogen-bond donors (Lipinski definition) is 0. The molecule has 0 saturated carbocycles. The summed E-state index contributed by atoms with van der Waals surface area (Å²) in [6.07, 6.45) is 1.89. The molecule has 0 unspecified atom stereocenters. The monoisotopic (exact) mass is 430 g/mol. The topological polar surface area (TPSA) is 27.1 Å². The first kappa shape index (κ1) is 20.1. The molecular weight excluding hydrogens is 403 g/mol. The highest BCUT2D eigenvalue weighted by Crippen LogP contribution is 2.41. The normalized spacial score (nSPS) is 12.5. The average molecular weight is 430 g/mol. The predicted octanol–water partition coefficient (Wildman–Crippen LogP) is 5.37. The van der Waals surface area contributed by atoms with Crippen molar-refractivity contribution in [2.45, 2.75) is 34.6 Å². The third-order valence-corrected chi connectivity index (χ3v) is 7.23. The van der Waals surface area contributed by atoms with Crippen LogP contribution in [0.15, 0.2) is 54.7 Å². The smallest absolute Gasteiger partial charge is 0.329 e. The Morgan fingerprint density at radius 3 is 2.15 bits per heavy atom. The highest BCUT2D eigenvalue weighted by Gasteiger charge is 2.37. The van der Waals surface area contributed by atoms with Crippen LogP contribution in [0.25, 0.3) is 33.1 Å². The molecule has 4 heteroatoms. The third-order valence-electron chi connectivity index (χ3n) is 7.23. The van der Waals surface area contributed by atoms with Crippen LogP contribution in [-0.2, 0) is 0 Å². The van der Waals surface area contributed by atoms with Crippen LogP contribution in [0.4, 0.5) is 0 Å². The molecule has 3 aromatic carbocycles. The Bertz CT molecular complexity index is 1590. The van der Waals surface area contributed by atoms with E-state index in [9.17, 15) is 0 Å². The lowest BCUT2D eigenvalue weighted by atomic mass is 9.44. The van der Waals surface area contributed by atoms with Gasteiger partial charge in [0.25, 0.3) is 0 Å². The number of ether oxygens (including phenoxy) is 1. The van der Waals surface area contributed by atoms with Crippen LogP contribution in [0, 0.1) is 34.6 Å². The zero-order valence-corrected chi connectivity index (χ0v) is 20.1. The lowest BCUT2D eigenvalue weighted by Gasteiger charge is -2.31. The van der Waals surface area contributed by atoms with Gasteiger partial charge in [-0.05, 0) is 75.4 Å². The van der Waals surface area contributed by atoms with Gasteiger partial charge in [0.1, 0.15) is 5.75 Å². The third kappa shape index (κ3) is 2.73. The van der Waals surface area contributed by atoms with Crippen LogP contribution >= 0.6 is 0 Å². The van der Waals surface area contributed by atoms with E-state index in [0.29, 0.717) is 0 Å². The molecule has 0 aliphatic carbocycles. The van der Waals surface area contributed by atoms with Crippen molar-refractivity contribution in [3.8, 4) is 16.9 Å². The maximum absolute atomic E-state index is 5.75. The second-order valence-electron chi connectivity index (χ2n) is 9.57. The number of aryl methyl sites for hydroxylation is 5. The van der Waals surface area contributed by atoms with Crippen molar-refractivity contribution >= 4 is 39.7 Å². The van der Waals surface area contributed by atoms with Crippen molar-refractivity contribution in [1.29, 1.82) is 0 Å². The fraction of sp³-hybridized carbons (Fsp3) is 0.207. The van der Waals surface area contributed by atoms with Gasteiger partial charge in [0.15, 0.2) is 0 Å². The molecule has 33 heavy (non-hydrogen) atoms. The number of rotatable bonds is 2. The molecule has 5 aromatic rings. The molecule has 1 aliphatic heterocycles. The molecule has 6 rings (SSSR count). The number of benzene rings is 3. The molecule has 3 heterocycles. The molecule has 1 aliphatic rings. The first-order valence-corrected chi connectivity index (χ1v) is 11.5. The number of hydrogen-bond acceptors (Lipinski definition) is 2. The van der Waals surface area contributed by atoms with Gasteiger partial charge in [-0.25, -0.2) is 0 Å². The summed E-state index contributed by atoms with van der Waals surface area (Å²) in [5, 5.41) is 1.15. The van der Waals surface area contributed by atoms with E-state index >= 15 is 0 Å². The van der Waals surface area contributed by atoms with Crippen molar-refractivity contribution < 1.29 is 4.74 Å². The Morgan fingerprint density at radius 1 is 0.788 bits per heavy atom. The molecule has 0 bridgehead atoms. The average Bonchev–Trinajstić information content (AvgIpc) is 3.10. The molecule has 0 saturated heterocycles. The van der Waals surface area contributed by atoms with Gasteiger partial charge in [-0.2, -0.15) is 0 Å². The maximum atomic E-state index is 5.75. The summed E-state index contributed by atoms with van der Waals surface area (Å²) in [4.78, 5) is 4.84. The van der Waals surface area contributed by atoms with E-state index in [1.165, 1.54) is 55.4 Å². The molecule has 162 valence electrons. The zero-order chi connectivity index (χ0) is 23.0. The Balaban J connectivity index is 1.88. The molecule has 2 aromatic heterocycles. The van der Waals surface area contributed by atoms with Crippen molar-refractivity contribution in [3.63, 3.8) is 0 Å². The molecule has 0 atom stereocenters. The minimum atomic E-state index is 0.0892. The predicted molar refractivity (Wildman–Crippen MR) is 140 cm³/mol. The first-order valence-electron chi connectivity index (χ1n) is 11.5. The number of aromatic nitrogens is 2. The van der Waals surface area contributed by atoms with Gasteiger partial charge in [-0.15, -0.1) is 0 Å². The van der Waals surface area contributed by atoms with Gasteiger partial charge in [0.2, 0.25) is 0 Å². The van der Waals surface area contributed by atoms with Crippen molar-refractivity contribution in [1.82, 2.24) is 9.46 Å². The summed E-state index contributed by atoms with van der Waals surface area (Å²) in [5.74, 6) is 0.869. The van der Waals surface area contributed by atoms with Crippen molar-refractivity contribution in [3.05, 3.63) is 82.5 Å². The van der Waals surface area contributed by atoms with Gasteiger partial charge in [-0.3, -0.25) is 4.98 Å². The summed E-state index contributed by atoms with van der Waals surface area (Å²) in [6.45, 7) is 11.2. The van der Waals surface area contributed by atoms with Gasteiger partial charge < -0.3 is 9.21 Å². The van der Waals surface area contributed by atoms with Gasteiger partial charge in [0.05, 0.1) is 18.1 Å². The largest absolute Gasteiger partial charge is 0.497 e. The molecule has 0 fully saturated rings. The summed E-state index contributed by atoms with van der Waals surface area (Å²) < 4.78 is 8.28. The number of pyridine rings is 1. The van der Waals surface area contributed by atoms with Crippen LogP contribution in [0.1, 0.15) is 27.8 Å².